The molecule has 0 aliphatic rings. The predicted octanol–water partition coefficient (Wildman–Crippen LogP) is 1.14. The van der Waals surface area contributed by atoms with Gasteiger partial charge < -0.3 is 15.2 Å². The van der Waals surface area contributed by atoms with Crippen molar-refractivity contribution in [1.29, 1.82) is 0 Å². The van der Waals surface area contributed by atoms with Crippen LogP contribution in [0.3, 0.4) is 0 Å². The van der Waals surface area contributed by atoms with Gasteiger partial charge in [0.25, 0.3) is 0 Å². The van der Waals surface area contributed by atoms with E-state index in [0.717, 1.165) is 0 Å². The maximum atomic E-state index is 10.9. The average Bonchev–Trinajstić information content (AvgIpc) is 2.55. The number of rotatable bonds is 2. The lowest BCUT2D eigenvalue weighted by Crippen LogP contribution is -2.02. The molecule has 0 atom stereocenters. The van der Waals surface area contributed by atoms with E-state index in [-0.39, 0.29) is 12.2 Å². The van der Waals surface area contributed by atoms with Gasteiger partial charge in [-0.25, -0.2) is 9.78 Å². The molecule has 0 spiro atoms. The summed E-state index contributed by atoms with van der Waals surface area (Å²) in [5.74, 6) is -0.598. The first-order valence-corrected chi connectivity index (χ1v) is 4.61. The Morgan fingerprint density at radius 3 is 2.93 bits per heavy atom. The highest BCUT2D eigenvalue weighted by Crippen LogP contribution is 2.17. The van der Waals surface area contributed by atoms with Crippen molar-refractivity contribution in [3.05, 3.63) is 34.9 Å². The van der Waals surface area contributed by atoms with Crippen LogP contribution >= 0.6 is 11.6 Å². The summed E-state index contributed by atoms with van der Waals surface area (Å²) in [7, 11) is 0. The smallest absolute Gasteiger partial charge is 0.356 e. The molecule has 0 fully saturated rings. The Kier molecular flexibility index (Phi) is 2.34. The van der Waals surface area contributed by atoms with Crippen LogP contribution < -0.4 is 5.73 Å². The summed E-state index contributed by atoms with van der Waals surface area (Å²) in [6.07, 6.45) is 1.60. The van der Waals surface area contributed by atoms with Gasteiger partial charge in [-0.05, 0) is 12.1 Å². The van der Waals surface area contributed by atoms with Gasteiger partial charge in [-0.2, -0.15) is 0 Å². The first-order chi connectivity index (χ1) is 7.13. The number of imidazole rings is 1. The van der Waals surface area contributed by atoms with Crippen LogP contribution in [-0.2, 0) is 6.54 Å². The van der Waals surface area contributed by atoms with Crippen LogP contribution in [0.2, 0.25) is 5.02 Å². The molecule has 2 rings (SSSR count). The Morgan fingerprint density at radius 1 is 1.60 bits per heavy atom. The highest BCUT2D eigenvalue weighted by Gasteiger charge is 2.15. The summed E-state index contributed by atoms with van der Waals surface area (Å²) in [5.41, 5.74) is 5.95. The molecule has 2 heterocycles. The quantitative estimate of drug-likeness (QED) is 0.803. The van der Waals surface area contributed by atoms with Gasteiger partial charge in [0.2, 0.25) is 0 Å². The van der Waals surface area contributed by atoms with Gasteiger partial charge in [-0.3, -0.25) is 0 Å². The Morgan fingerprint density at radius 2 is 2.33 bits per heavy atom. The molecule has 0 unspecified atom stereocenters. The molecule has 3 N–H and O–H groups in total. The second kappa shape index (κ2) is 3.52. The minimum atomic E-state index is -1.07. The molecule has 0 radical (unpaired) electrons. The van der Waals surface area contributed by atoms with Crippen molar-refractivity contribution in [1.82, 2.24) is 9.38 Å². The van der Waals surface area contributed by atoms with Crippen molar-refractivity contribution in [2.24, 2.45) is 5.73 Å². The number of carboxylic acid groups (broad SMARTS) is 1. The van der Waals surface area contributed by atoms with Gasteiger partial charge in [-0.1, -0.05) is 11.6 Å². The van der Waals surface area contributed by atoms with Crippen LogP contribution in [0.15, 0.2) is 18.3 Å². The maximum absolute atomic E-state index is 10.9. The van der Waals surface area contributed by atoms with E-state index in [1.807, 2.05) is 0 Å². The van der Waals surface area contributed by atoms with E-state index in [9.17, 15) is 4.79 Å². The third-order valence-electron chi connectivity index (χ3n) is 2.06. The lowest BCUT2D eigenvalue weighted by molar-refractivity contribution is 0.0693. The molecule has 0 saturated heterocycles. The number of hydrogen-bond acceptors (Lipinski definition) is 3. The second-order valence-electron chi connectivity index (χ2n) is 2.99. The van der Waals surface area contributed by atoms with Gasteiger partial charge in [0.05, 0.1) is 17.1 Å². The van der Waals surface area contributed by atoms with E-state index >= 15 is 0 Å². The summed E-state index contributed by atoms with van der Waals surface area (Å²) in [4.78, 5) is 14.8. The van der Waals surface area contributed by atoms with Gasteiger partial charge in [0.15, 0.2) is 5.69 Å². The first kappa shape index (κ1) is 9.95. The summed E-state index contributed by atoms with van der Waals surface area (Å²) in [5, 5.41) is 9.42. The molecular weight excluding hydrogens is 218 g/mol. The number of halogens is 1. The standard InChI is InChI=1S/C9H8ClN3O2/c10-5-1-2-6-8(9(14)15)12-7(3-11)13(6)4-5/h1-2,4H,3,11H2,(H,14,15). The number of aromatic nitrogens is 2. The average molecular weight is 226 g/mol. The fourth-order valence-electron chi connectivity index (χ4n) is 1.42. The second-order valence-corrected chi connectivity index (χ2v) is 3.42. The van der Waals surface area contributed by atoms with E-state index in [4.69, 9.17) is 22.4 Å². The molecule has 0 aromatic carbocycles. The van der Waals surface area contributed by atoms with Crippen molar-refractivity contribution in [2.75, 3.05) is 0 Å². The summed E-state index contributed by atoms with van der Waals surface area (Å²) < 4.78 is 1.59. The van der Waals surface area contributed by atoms with E-state index in [1.54, 1.807) is 22.7 Å². The van der Waals surface area contributed by atoms with Gasteiger partial charge in [0, 0.05) is 6.20 Å². The van der Waals surface area contributed by atoms with Crippen LogP contribution in [0.5, 0.6) is 0 Å². The molecular formula is C9H8ClN3O2. The van der Waals surface area contributed by atoms with E-state index in [2.05, 4.69) is 4.98 Å². The van der Waals surface area contributed by atoms with Gasteiger partial charge >= 0.3 is 5.97 Å². The fraction of sp³-hybridized carbons (Fsp3) is 0.111. The minimum Gasteiger partial charge on any atom is -0.476 e. The van der Waals surface area contributed by atoms with Crippen LogP contribution in [0, 0.1) is 0 Å². The fourth-order valence-corrected chi connectivity index (χ4v) is 1.58. The minimum absolute atomic E-state index is 0.00730. The number of nitrogens with two attached hydrogens (primary N) is 1. The molecule has 0 bridgehead atoms. The van der Waals surface area contributed by atoms with E-state index in [1.165, 1.54) is 0 Å². The molecule has 6 heteroatoms. The molecule has 0 aliphatic heterocycles. The van der Waals surface area contributed by atoms with Crippen LogP contribution in [-0.4, -0.2) is 20.5 Å². The van der Waals surface area contributed by atoms with Crippen LogP contribution in [0.1, 0.15) is 16.3 Å². The molecule has 78 valence electrons. The number of fused-ring (bicyclic) bond motifs is 1. The molecule has 5 nitrogen and oxygen atoms in total. The number of pyridine rings is 1. The zero-order chi connectivity index (χ0) is 11.0. The van der Waals surface area contributed by atoms with E-state index in [0.29, 0.717) is 16.4 Å². The number of carboxylic acids is 1. The first-order valence-electron chi connectivity index (χ1n) is 4.23. The molecule has 2 aromatic rings. The molecule has 2 aromatic heterocycles. The maximum Gasteiger partial charge on any atom is 0.356 e. The Balaban J connectivity index is 2.81. The van der Waals surface area contributed by atoms with Crippen LogP contribution in [0.25, 0.3) is 5.52 Å². The Labute approximate surface area is 90.1 Å². The van der Waals surface area contributed by atoms with Crippen molar-refractivity contribution in [2.45, 2.75) is 6.54 Å². The summed E-state index contributed by atoms with van der Waals surface area (Å²) >= 11 is 5.80. The Hall–Kier alpha value is -1.59. The lowest BCUT2D eigenvalue weighted by Gasteiger charge is -1.98. The van der Waals surface area contributed by atoms with Gasteiger partial charge in [0.1, 0.15) is 5.82 Å². The normalized spacial score (nSPS) is 10.8. The number of aromatic carboxylic acids is 1. The zero-order valence-electron chi connectivity index (χ0n) is 7.64. The molecule has 0 amide bonds. The van der Waals surface area contributed by atoms with E-state index < -0.39 is 5.97 Å². The van der Waals surface area contributed by atoms with Crippen molar-refractivity contribution >= 4 is 23.1 Å². The highest BCUT2D eigenvalue weighted by atomic mass is 35.5. The molecule has 0 aliphatic carbocycles. The topological polar surface area (TPSA) is 80.6 Å². The lowest BCUT2D eigenvalue weighted by atomic mass is 10.3. The number of hydrogen-bond donors (Lipinski definition) is 2. The van der Waals surface area contributed by atoms with Gasteiger partial charge in [-0.15, -0.1) is 0 Å². The third kappa shape index (κ3) is 1.55. The van der Waals surface area contributed by atoms with Crippen molar-refractivity contribution in [3.8, 4) is 0 Å². The SMILES string of the molecule is NCc1nc(C(=O)O)c2ccc(Cl)cn12. The van der Waals surface area contributed by atoms with Crippen molar-refractivity contribution < 1.29 is 9.90 Å². The predicted molar refractivity (Wildman–Crippen MR) is 55.1 cm³/mol. The number of nitrogens with zero attached hydrogens (tertiary/aromatic N) is 2. The van der Waals surface area contributed by atoms with Crippen LogP contribution in [0.4, 0.5) is 0 Å². The molecule has 15 heavy (non-hydrogen) atoms. The summed E-state index contributed by atoms with van der Waals surface area (Å²) in [6.45, 7) is 0.161. The zero-order valence-corrected chi connectivity index (χ0v) is 8.40. The largest absolute Gasteiger partial charge is 0.476 e. The summed E-state index contributed by atoms with van der Waals surface area (Å²) in [6, 6.07) is 3.23. The highest BCUT2D eigenvalue weighted by molar-refractivity contribution is 6.30. The monoisotopic (exact) mass is 225 g/mol. The Bertz CT molecular complexity index is 535. The van der Waals surface area contributed by atoms with Crippen molar-refractivity contribution in [3.63, 3.8) is 0 Å². The molecule has 0 saturated carbocycles. The number of carbonyl (C=O) groups is 1. The third-order valence-corrected chi connectivity index (χ3v) is 2.28.